The van der Waals surface area contributed by atoms with E-state index in [1.807, 2.05) is 60.7 Å². The summed E-state index contributed by atoms with van der Waals surface area (Å²) in [6.07, 6.45) is 0. The van der Waals surface area contributed by atoms with Crippen LogP contribution < -0.4 is 14.9 Å². The van der Waals surface area contributed by atoms with Crippen LogP contribution in [0.3, 0.4) is 0 Å². The molecule has 0 spiro atoms. The molecule has 4 heteroatoms. The minimum absolute atomic E-state index is 0. The molecule has 4 aromatic rings. The van der Waals surface area contributed by atoms with E-state index in [1.165, 1.54) is 12.1 Å². The second-order valence-electron chi connectivity index (χ2n) is 6.16. The summed E-state index contributed by atoms with van der Waals surface area (Å²) < 4.78 is 5.74. The van der Waals surface area contributed by atoms with Crippen LogP contribution in [0, 0.1) is 0 Å². The molecule has 0 aliphatic heterocycles. The van der Waals surface area contributed by atoms with Gasteiger partial charge in [0.25, 0.3) is 0 Å². The Kier molecular flexibility index (Phi) is 6.24. The first-order chi connectivity index (χ1) is 13.2. The summed E-state index contributed by atoms with van der Waals surface area (Å²) in [6, 6.07) is 29.2. The Morgan fingerprint density at radius 2 is 0.857 bits per heavy atom. The molecule has 0 radical (unpaired) electrons. The molecule has 28 heavy (non-hydrogen) atoms. The number of hydrogen-bond donors (Lipinski definition) is 0. The van der Waals surface area contributed by atoms with E-state index in [-0.39, 0.29) is 46.1 Å². The molecule has 0 saturated heterocycles. The van der Waals surface area contributed by atoms with Crippen LogP contribution in [-0.2, 0) is 0 Å². The van der Waals surface area contributed by atoms with Gasteiger partial charge < -0.3 is 14.9 Å². The van der Waals surface area contributed by atoms with Crippen LogP contribution in [0.25, 0.3) is 22.3 Å². The van der Waals surface area contributed by atoms with E-state index in [4.69, 9.17) is 4.74 Å². The minimum Gasteiger partial charge on any atom is -0.870 e. The molecule has 0 unspecified atom stereocenters. The van der Waals surface area contributed by atoms with Crippen LogP contribution >= 0.6 is 0 Å². The van der Waals surface area contributed by atoms with E-state index in [0.29, 0.717) is 0 Å². The fourth-order valence-corrected chi connectivity index (χ4v) is 2.91. The van der Waals surface area contributed by atoms with E-state index in [9.17, 15) is 10.2 Å². The molecule has 0 aliphatic rings. The van der Waals surface area contributed by atoms with Gasteiger partial charge in [-0.3, -0.25) is 0 Å². The maximum absolute atomic E-state index is 12.2. The predicted molar refractivity (Wildman–Crippen MR) is 108 cm³/mol. The summed E-state index contributed by atoms with van der Waals surface area (Å²) in [5, 5.41) is 24.5. The summed E-state index contributed by atoms with van der Waals surface area (Å²) in [5.41, 5.74) is 3.67. The van der Waals surface area contributed by atoms with Crippen molar-refractivity contribution in [1.29, 1.82) is 0 Å². The van der Waals surface area contributed by atoms with Gasteiger partial charge in [0.05, 0.1) is 0 Å². The van der Waals surface area contributed by atoms with Crippen LogP contribution in [0.5, 0.6) is 23.0 Å². The molecule has 0 amide bonds. The van der Waals surface area contributed by atoms with Crippen LogP contribution in [0.15, 0.2) is 97.1 Å². The summed E-state index contributed by atoms with van der Waals surface area (Å²) in [7, 11) is 0. The number of rotatable bonds is 4. The van der Waals surface area contributed by atoms with E-state index in [1.54, 1.807) is 24.3 Å². The largest absolute Gasteiger partial charge is 2.00 e. The van der Waals surface area contributed by atoms with Crippen molar-refractivity contribution in [3.63, 3.8) is 0 Å². The molecule has 0 aromatic heterocycles. The smallest absolute Gasteiger partial charge is 0.870 e. The van der Waals surface area contributed by atoms with Crippen LogP contribution in [-0.4, -0.2) is 23.1 Å². The first-order valence-corrected chi connectivity index (χ1v) is 8.61. The van der Waals surface area contributed by atoms with Crippen molar-refractivity contribution < 1.29 is 14.9 Å². The molecule has 4 rings (SSSR count). The van der Waals surface area contributed by atoms with Crippen molar-refractivity contribution in [2.45, 2.75) is 0 Å². The van der Waals surface area contributed by atoms with Crippen LogP contribution in [0.4, 0.5) is 0 Å². The fraction of sp³-hybridized carbons (Fsp3) is 0. The van der Waals surface area contributed by atoms with Gasteiger partial charge in [-0.15, -0.1) is 0 Å². The normalized spacial score (nSPS) is 10.1. The second-order valence-corrected chi connectivity index (χ2v) is 6.16. The minimum atomic E-state index is -0.265. The van der Waals surface area contributed by atoms with Crippen LogP contribution in [0.1, 0.15) is 0 Å². The van der Waals surface area contributed by atoms with Gasteiger partial charge in [0.15, 0.2) is 0 Å². The Labute approximate surface area is 180 Å². The molecule has 132 valence electrons. The third-order valence-corrected chi connectivity index (χ3v) is 4.32. The van der Waals surface area contributed by atoms with E-state index < -0.39 is 0 Å². The van der Waals surface area contributed by atoms with Crippen LogP contribution in [0.2, 0.25) is 0 Å². The fourth-order valence-electron chi connectivity index (χ4n) is 2.91. The molecular formula is C24H16MgO3. The Bertz CT molecular complexity index is 977. The van der Waals surface area contributed by atoms with Gasteiger partial charge in [-0.05, 0) is 34.4 Å². The second kappa shape index (κ2) is 8.82. The van der Waals surface area contributed by atoms with Crippen molar-refractivity contribution in [2.75, 3.05) is 0 Å². The molecule has 0 saturated carbocycles. The monoisotopic (exact) mass is 376 g/mol. The van der Waals surface area contributed by atoms with Gasteiger partial charge in [0, 0.05) is 0 Å². The van der Waals surface area contributed by atoms with E-state index in [0.717, 1.165) is 22.3 Å². The van der Waals surface area contributed by atoms with Crippen molar-refractivity contribution in [1.82, 2.24) is 0 Å². The van der Waals surface area contributed by atoms with E-state index in [2.05, 4.69) is 0 Å². The molecule has 0 N–H and O–H groups in total. The van der Waals surface area contributed by atoms with Crippen molar-refractivity contribution >= 4 is 23.1 Å². The Morgan fingerprint density at radius 1 is 0.464 bits per heavy atom. The summed E-state index contributed by atoms with van der Waals surface area (Å²) >= 11 is 0. The van der Waals surface area contributed by atoms with Crippen molar-refractivity contribution in [2.24, 2.45) is 0 Å². The third kappa shape index (κ3) is 4.30. The zero-order valence-electron chi connectivity index (χ0n) is 15.2. The molecule has 4 aromatic carbocycles. The maximum Gasteiger partial charge on any atom is 2.00 e. The average molecular weight is 377 g/mol. The molecule has 3 nitrogen and oxygen atoms in total. The zero-order chi connectivity index (χ0) is 18.6. The topological polar surface area (TPSA) is 55.3 Å². The van der Waals surface area contributed by atoms with E-state index >= 15 is 0 Å². The zero-order valence-corrected chi connectivity index (χ0v) is 16.6. The number of hydrogen-bond acceptors (Lipinski definition) is 3. The Hall–Kier alpha value is -2.95. The predicted octanol–water partition coefficient (Wildman–Crippen LogP) is 4.58. The molecule has 0 aliphatic carbocycles. The van der Waals surface area contributed by atoms with Gasteiger partial charge in [-0.25, -0.2) is 0 Å². The quantitative estimate of drug-likeness (QED) is 0.490. The molecule has 0 fully saturated rings. The SMILES string of the molecule is [Mg+2].[O-]c1ccc(-c2ccccc2)cc1Oc1cc(-c2ccccc2)ccc1[O-]. The standard InChI is InChI=1S/C24H18O3.Mg/c25-21-13-11-19(17-7-3-1-4-8-17)15-23(21)27-24-16-20(12-14-22(24)26)18-9-5-2-6-10-18;/h1-16,25-26H;/q;+2/p-2. The average Bonchev–Trinajstić information content (AvgIpc) is 2.72. The molecule has 0 bridgehead atoms. The summed E-state index contributed by atoms with van der Waals surface area (Å²) in [6.45, 7) is 0. The first-order valence-electron chi connectivity index (χ1n) is 8.61. The van der Waals surface area contributed by atoms with Gasteiger partial charge >= 0.3 is 23.1 Å². The molecule has 0 atom stereocenters. The Morgan fingerprint density at radius 3 is 1.25 bits per heavy atom. The molecular weight excluding hydrogens is 361 g/mol. The van der Waals surface area contributed by atoms with Crippen molar-refractivity contribution in [3.8, 4) is 45.3 Å². The number of benzene rings is 4. The summed E-state index contributed by atoms with van der Waals surface area (Å²) in [4.78, 5) is 0. The summed E-state index contributed by atoms with van der Waals surface area (Å²) in [5.74, 6) is -0.254. The number of ether oxygens (including phenoxy) is 1. The molecule has 0 heterocycles. The van der Waals surface area contributed by atoms with Crippen molar-refractivity contribution in [3.05, 3.63) is 97.1 Å². The van der Waals surface area contributed by atoms with Gasteiger partial charge in [0.1, 0.15) is 11.5 Å². The third-order valence-electron chi connectivity index (χ3n) is 4.32. The first kappa shape index (κ1) is 19.8. The van der Waals surface area contributed by atoms with Gasteiger partial charge in [-0.1, -0.05) is 96.4 Å². The maximum atomic E-state index is 12.2. The van der Waals surface area contributed by atoms with Gasteiger partial charge in [0.2, 0.25) is 0 Å². The Balaban J connectivity index is 0.00000225. The van der Waals surface area contributed by atoms with Gasteiger partial charge in [-0.2, -0.15) is 0 Å².